The number of nitrogens with zero attached hydrogens (tertiary/aromatic N) is 4. The lowest BCUT2D eigenvalue weighted by molar-refractivity contribution is 0.0946. The van der Waals surface area contributed by atoms with Gasteiger partial charge in [-0.15, -0.1) is 10.2 Å². The molecule has 4 rings (SSSR count). The number of rotatable bonds is 5. The van der Waals surface area contributed by atoms with Crippen LogP contribution in [-0.4, -0.2) is 25.5 Å². The van der Waals surface area contributed by atoms with E-state index in [1.165, 1.54) is 22.9 Å². The third kappa shape index (κ3) is 3.75. The number of fused-ring (bicyclic) bond motifs is 1. The van der Waals surface area contributed by atoms with E-state index < -0.39 is 0 Å². The molecule has 1 aromatic carbocycles. The fourth-order valence-corrected chi connectivity index (χ4v) is 3.78. The number of benzene rings is 1. The van der Waals surface area contributed by atoms with Crippen LogP contribution < -0.4 is 5.32 Å². The first kappa shape index (κ1) is 18.2. The van der Waals surface area contributed by atoms with Crippen LogP contribution in [0.1, 0.15) is 27.3 Å². The van der Waals surface area contributed by atoms with Crippen LogP contribution >= 0.6 is 11.8 Å². The van der Waals surface area contributed by atoms with Crippen molar-refractivity contribution < 1.29 is 4.79 Å². The summed E-state index contributed by atoms with van der Waals surface area (Å²) in [5.74, 6) is 0.489. The van der Waals surface area contributed by atoms with Crippen molar-refractivity contribution in [3.8, 4) is 0 Å². The smallest absolute Gasteiger partial charge is 0.254 e. The number of nitrogens with one attached hydrogen (secondary N) is 1. The Hall–Kier alpha value is -3.19. The SMILES string of the molecule is Cc1ccc(Sc2ncccc2C(=O)NCc2nnc3ccccn23)cc1C. The molecule has 6 nitrogen and oxygen atoms in total. The van der Waals surface area contributed by atoms with Gasteiger partial charge in [-0.3, -0.25) is 9.20 Å². The molecule has 0 radical (unpaired) electrons. The fourth-order valence-electron chi connectivity index (χ4n) is 2.80. The van der Waals surface area contributed by atoms with Gasteiger partial charge in [0.15, 0.2) is 11.5 Å². The Morgan fingerprint density at radius 1 is 1.07 bits per heavy atom. The van der Waals surface area contributed by atoms with E-state index in [0.29, 0.717) is 16.4 Å². The number of pyridine rings is 2. The van der Waals surface area contributed by atoms with Gasteiger partial charge in [0.05, 0.1) is 12.1 Å². The molecular weight excluding hydrogens is 370 g/mol. The van der Waals surface area contributed by atoms with E-state index in [1.54, 1.807) is 18.3 Å². The van der Waals surface area contributed by atoms with Gasteiger partial charge in [-0.25, -0.2) is 4.98 Å². The highest BCUT2D eigenvalue weighted by molar-refractivity contribution is 7.99. The summed E-state index contributed by atoms with van der Waals surface area (Å²) in [6.07, 6.45) is 3.58. The number of hydrogen-bond acceptors (Lipinski definition) is 5. The van der Waals surface area contributed by atoms with E-state index >= 15 is 0 Å². The summed E-state index contributed by atoms with van der Waals surface area (Å²) in [4.78, 5) is 18.3. The van der Waals surface area contributed by atoms with Crippen molar-refractivity contribution in [3.63, 3.8) is 0 Å². The lowest BCUT2D eigenvalue weighted by Gasteiger charge is -2.09. The Kier molecular flexibility index (Phi) is 5.08. The highest BCUT2D eigenvalue weighted by Crippen LogP contribution is 2.30. The molecule has 0 bridgehead atoms. The number of amides is 1. The second-order valence-corrected chi connectivity index (χ2v) is 7.49. The van der Waals surface area contributed by atoms with Crippen molar-refractivity contribution in [2.45, 2.75) is 30.3 Å². The standard InChI is InChI=1S/C21H19N5OS/c1-14-8-9-16(12-15(14)2)28-21-17(6-5-10-22-21)20(27)23-13-19-25-24-18-7-3-4-11-26(18)19/h3-12H,13H2,1-2H3,(H,23,27). The molecule has 0 fully saturated rings. The maximum atomic E-state index is 12.8. The van der Waals surface area contributed by atoms with Crippen LogP contribution in [0.4, 0.5) is 0 Å². The van der Waals surface area contributed by atoms with E-state index in [0.717, 1.165) is 10.5 Å². The molecule has 0 aliphatic carbocycles. The van der Waals surface area contributed by atoms with Crippen molar-refractivity contribution in [2.75, 3.05) is 0 Å². The van der Waals surface area contributed by atoms with E-state index in [9.17, 15) is 4.79 Å². The highest BCUT2D eigenvalue weighted by atomic mass is 32.2. The van der Waals surface area contributed by atoms with Gasteiger partial charge in [0.1, 0.15) is 5.03 Å². The average Bonchev–Trinajstić information content (AvgIpc) is 3.12. The van der Waals surface area contributed by atoms with Gasteiger partial charge >= 0.3 is 0 Å². The average molecular weight is 389 g/mol. The third-order valence-corrected chi connectivity index (χ3v) is 5.51. The van der Waals surface area contributed by atoms with Crippen molar-refractivity contribution in [1.82, 2.24) is 24.9 Å². The Labute approximate surface area is 167 Å². The van der Waals surface area contributed by atoms with Crippen LogP contribution in [0.15, 0.2) is 70.8 Å². The summed E-state index contributed by atoms with van der Waals surface area (Å²) in [5, 5.41) is 11.8. The predicted octanol–water partition coefficient (Wildman–Crippen LogP) is 3.82. The zero-order valence-corrected chi connectivity index (χ0v) is 16.4. The maximum Gasteiger partial charge on any atom is 0.254 e. The summed E-state index contributed by atoms with van der Waals surface area (Å²) < 4.78 is 1.86. The van der Waals surface area contributed by atoms with E-state index in [4.69, 9.17) is 0 Å². The molecule has 4 aromatic rings. The first-order valence-corrected chi connectivity index (χ1v) is 9.70. The van der Waals surface area contributed by atoms with E-state index in [-0.39, 0.29) is 12.5 Å². The number of carbonyl (C=O) groups is 1. The second-order valence-electron chi connectivity index (χ2n) is 6.43. The number of aromatic nitrogens is 4. The molecule has 3 heterocycles. The molecule has 0 aliphatic rings. The van der Waals surface area contributed by atoms with E-state index in [2.05, 4.69) is 46.5 Å². The number of hydrogen-bond donors (Lipinski definition) is 1. The van der Waals surface area contributed by atoms with Crippen LogP contribution in [0.5, 0.6) is 0 Å². The molecule has 1 amide bonds. The fraction of sp³-hybridized carbons (Fsp3) is 0.143. The minimum Gasteiger partial charge on any atom is -0.345 e. The molecule has 0 saturated carbocycles. The Morgan fingerprint density at radius 2 is 1.96 bits per heavy atom. The normalized spacial score (nSPS) is 10.9. The van der Waals surface area contributed by atoms with Crippen LogP contribution in [0.2, 0.25) is 0 Å². The highest BCUT2D eigenvalue weighted by Gasteiger charge is 2.15. The summed E-state index contributed by atoms with van der Waals surface area (Å²) in [6.45, 7) is 4.44. The molecular formula is C21H19N5OS. The molecule has 0 saturated heterocycles. The first-order chi connectivity index (χ1) is 13.6. The summed E-state index contributed by atoms with van der Waals surface area (Å²) in [5.41, 5.74) is 3.74. The molecule has 0 atom stereocenters. The van der Waals surface area contributed by atoms with Crippen LogP contribution in [0.3, 0.4) is 0 Å². The second kappa shape index (κ2) is 7.82. The van der Waals surface area contributed by atoms with E-state index in [1.807, 2.05) is 34.9 Å². The Balaban J connectivity index is 1.52. The molecule has 28 heavy (non-hydrogen) atoms. The van der Waals surface area contributed by atoms with Gasteiger partial charge in [-0.05, 0) is 61.4 Å². The minimum absolute atomic E-state index is 0.188. The third-order valence-electron chi connectivity index (χ3n) is 4.50. The lowest BCUT2D eigenvalue weighted by Crippen LogP contribution is -2.24. The van der Waals surface area contributed by atoms with Crippen LogP contribution in [0, 0.1) is 13.8 Å². The predicted molar refractivity (Wildman–Crippen MR) is 108 cm³/mol. The van der Waals surface area contributed by atoms with Gasteiger partial charge in [-0.2, -0.15) is 0 Å². The molecule has 140 valence electrons. The van der Waals surface area contributed by atoms with Crippen LogP contribution in [0.25, 0.3) is 5.65 Å². The van der Waals surface area contributed by atoms with Gasteiger partial charge in [0.25, 0.3) is 5.91 Å². The lowest BCUT2D eigenvalue weighted by atomic mass is 10.1. The molecule has 1 N–H and O–H groups in total. The van der Waals surface area contributed by atoms with Crippen molar-refractivity contribution >= 4 is 23.3 Å². The Bertz CT molecular complexity index is 1150. The van der Waals surface area contributed by atoms with Gasteiger partial charge in [0, 0.05) is 17.3 Å². The van der Waals surface area contributed by atoms with Gasteiger partial charge in [0.2, 0.25) is 0 Å². The maximum absolute atomic E-state index is 12.8. The molecule has 0 spiro atoms. The van der Waals surface area contributed by atoms with Crippen LogP contribution in [-0.2, 0) is 6.54 Å². The monoisotopic (exact) mass is 389 g/mol. The van der Waals surface area contributed by atoms with Crippen molar-refractivity contribution in [2.24, 2.45) is 0 Å². The zero-order chi connectivity index (χ0) is 19.5. The quantitative estimate of drug-likeness (QED) is 0.562. The van der Waals surface area contributed by atoms with Gasteiger partial charge in [-0.1, -0.05) is 23.9 Å². The summed E-state index contributed by atoms with van der Waals surface area (Å²) in [6, 6.07) is 15.5. The first-order valence-electron chi connectivity index (χ1n) is 8.89. The number of aryl methyl sites for hydroxylation is 2. The molecule has 3 aromatic heterocycles. The minimum atomic E-state index is -0.188. The molecule has 0 aliphatic heterocycles. The summed E-state index contributed by atoms with van der Waals surface area (Å²) >= 11 is 1.49. The summed E-state index contributed by atoms with van der Waals surface area (Å²) in [7, 11) is 0. The topological polar surface area (TPSA) is 72.2 Å². The Morgan fingerprint density at radius 3 is 2.82 bits per heavy atom. The van der Waals surface area contributed by atoms with Crippen molar-refractivity contribution in [3.05, 3.63) is 83.4 Å². The zero-order valence-electron chi connectivity index (χ0n) is 15.6. The largest absolute Gasteiger partial charge is 0.345 e. The van der Waals surface area contributed by atoms with Crippen molar-refractivity contribution in [1.29, 1.82) is 0 Å². The van der Waals surface area contributed by atoms with Gasteiger partial charge < -0.3 is 5.32 Å². The molecule has 7 heteroatoms. The number of carbonyl (C=O) groups excluding carboxylic acids is 1. The molecule has 0 unspecified atom stereocenters.